The molecule has 2 heterocycles. The zero-order valence-electron chi connectivity index (χ0n) is 11.5. The summed E-state index contributed by atoms with van der Waals surface area (Å²) >= 11 is 3.44. The summed E-state index contributed by atoms with van der Waals surface area (Å²) in [7, 11) is 2.00. The Kier molecular flexibility index (Phi) is 4.99. The fraction of sp³-hybridized carbons (Fsp3) is 0.692. The molecule has 0 aromatic carbocycles. The average molecular weight is 329 g/mol. The molecule has 2 rings (SSSR count). The van der Waals surface area contributed by atoms with Crippen LogP contribution in [0.5, 0.6) is 0 Å². The van der Waals surface area contributed by atoms with Gasteiger partial charge in [0.25, 0.3) is 5.56 Å². The lowest BCUT2D eigenvalue weighted by Gasteiger charge is -2.33. The van der Waals surface area contributed by atoms with Crippen molar-refractivity contribution < 1.29 is 0 Å². The Balaban J connectivity index is 2.18. The number of nitrogens with zero attached hydrogens (tertiary/aromatic N) is 3. The first-order chi connectivity index (χ1) is 9.17. The largest absolute Gasteiger partial charge is 0.369 e. The molecule has 106 valence electrons. The summed E-state index contributed by atoms with van der Waals surface area (Å²) in [6, 6.07) is 0.587. The molecule has 0 atom stereocenters. The molecule has 0 bridgehead atoms. The normalized spacial score (nSPS) is 16.9. The molecule has 0 spiro atoms. The molecule has 19 heavy (non-hydrogen) atoms. The lowest BCUT2D eigenvalue weighted by molar-refractivity contribution is 0.441. The molecular formula is C13H21BrN4O. The number of aryl methyl sites for hydroxylation is 1. The zero-order chi connectivity index (χ0) is 13.8. The number of halogens is 1. The number of aromatic nitrogens is 2. The van der Waals surface area contributed by atoms with Crippen LogP contribution < -0.4 is 15.8 Å². The van der Waals surface area contributed by atoms with E-state index >= 15 is 0 Å². The molecule has 1 aromatic heterocycles. The summed E-state index contributed by atoms with van der Waals surface area (Å²) in [4.78, 5) is 14.4. The smallest absolute Gasteiger partial charge is 0.283 e. The van der Waals surface area contributed by atoms with Crippen LogP contribution in [0.4, 0.5) is 5.69 Å². The number of hydrogen-bond donors (Lipinski definition) is 1. The van der Waals surface area contributed by atoms with E-state index in [-0.39, 0.29) is 5.56 Å². The first-order valence-corrected chi connectivity index (χ1v) is 7.64. The molecule has 1 aromatic rings. The lowest BCUT2D eigenvalue weighted by atomic mass is 10.1. The van der Waals surface area contributed by atoms with Gasteiger partial charge in [0, 0.05) is 25.7 Å². The second-order valence-corrected chi connectivity index (χ2v) is 5.72. The lowest BCUT2D eigenvalue weighted by Crippen LogP contribution is -2.42. The quantitative estimate of drug-likeness (QED) is 0.912. The van der Waals surface area contributed by atoms with Crippen LogP contribution in [-0.2, 0) is 6.54 Å². The highest BCUT2D eigenvalue weighted by molar-refractivity contribution is 9.10. The maximum Gasteiger partial charge on any atom is 0.283 e. The molecule has 1 aliphatic rings. The Morgan fingerprint density at radius 2 is 2.16 bits per heavy atom. The van der Waals surface area contributed by atoms with Gasteiger partial charge >= 0.3 is 0 Å². The predicted octanol–water partition coefficient (Wildman–Crippen LogP) is 1.60. The monoisotopic (exact) mass is 328 g/mol. The van der Waals surface area contributed by atoms with Crippen molar-refractivity contribution in [3.05, 3.63) is 21.0 Å². The second-order valence-electron chi connectivity index (χ2n) is 4.92. The van der Waals surface area contributed by atoms with E-state index in [1.807, 2.05) is 14.0 Å². The molecule has 1 N–H and O–H groups in total. The fourth-order valence-corrected chi connectivity index (χ4v) is 3.01. The third-order valence-electron chi connectivity index (χ3n) is 3.65. The van der Waals surface area contributed by atoms with Crippen LogP contribution in [0.1, 0.15) is 26.2 Å². The molecule has 5 nitrogen and oxygen atoms in total. The van der Waals surface area contributed by atoms with Gasteiger partial charge in [-0.25, -0.2) is 4.68 Å². The Labute approximate surface area is 122 Å². The molecular weight excluding hydrogens is 308 g/mol. The van der Waals surface area contributed by atoms with Crippen molar-refractivity contribution in [2.24, 2.45) is 0 Å². The number of nitrogens with one attached hydrogen (secondary N) is 1. The number of hydrogen-bond acceptors (Lipinski definition) is 4. The maximum atomic E-state index is 12.2. The molecule has 0 saturated carbocycles. The van der Waals surface area contributed by atoms with Gasteiger partial charge in [-0.1, -0.05) is 6.92 Å². The zero-order valence-corrected chi connectivity index (χ0v) is 13.1. The van der Waals surface area contributed by atoms with Crippen LogP contribution in [0.2, 0.25) is 0 Å². The average Bonchev–Trinajstić information content (AvgIpc) is 2.45. The fourth-order valence-electron chi connectivity index (χ4n) is 2.46. The van der Waals surface area contributed by atoms with E-state index in [0.29, 0.717) is 17.1 Å². The third-order valence-corrected chi connectivity index (χ3v) is 4.39. The SMILES string of the molecule is CCCn1ncc(N2CCC(NC)CC2)c(Br)c1=O. The van der Waals surface area contributed by atoms with E-state index in [1.54, 1.807) is 6.20 Å². The van der Waals surface area contributed by atoms with Crippen LogP contribution in [0.15, 0.2) is 15.5 Å². The molecule has 0 radical (unpaired) electrons. The van der Waals surface area contributed by atoms with Crippen molar-refractivity contribution in [3.8, 4) is 0 Å². The highest BCUT2D eigenvalue weighted by Crippen LogP contribution is 2.24. The molecule has 1 fully saturated rings. The second kappa shape index (κ2) is 6.52. The number of rotatable bonds is 4. The molecule has 1 saturated heterocycles. The summed E-state index contributed by atoms with van der Waals surface area (Å²) in [6.07, 6.45) is 4.91. The van der Waals surface area contributed by atoms with E-state index in [2.05, 4.69) is 31.2 Å². The van der Waals surface area contributed by atoms with E-state index in [1.165, 1.54) is 4.68 Å². The highest BCUT2D eigenvalue weighted by atomic mass is 79.9. The molecule has 1 aliphatic heterocycles. The van der Waals surface area contributed by atoms with Crippen molar-refractivity contribution in [2.75, 3.05) is 25.0 Å². The van der Waals surface area contributed by atoms with Gasteiger partial charge in [0.15, 0.2) is 0 Å². The molecule has 0 unspecified atom stereocenters. The molecule has 0 amide bonds. The Bertz CT molecular complexity index is 480. The van der Waals surface area contributed by atoms with Gasteiger partial charge in [-0.05, 0) is 42.2 Å². The Morgan fingerprint density at radius 1 is 1.47 bits per heavy atom. The van der Waals surface area contributed by atoms with Gasteiger partial charge in [-0.15, -0.1) is 0 Å². The van der Waals surface area contributed by atoms with Gasteiger partial charge in [-0.2, -0.15) is 5.10 Å². The van der Waals surface area contributed by atoms with Gasteiger partial charge in [-0.3, -0.25) is 4.79 Å². The Hall–Kier alpha value is -0.880. The predicted molar refractivity (Wildman–Crippen MR) is 80.8 cm³/mol. The minimum Gasteiger partial charge on any atom is -0.369 e. The number of piperidine rings is 1. The third kappa shape index (κ3) is 3.17. The first kappa shape index (κ1) is 14.5. The van der Waals surface area contributed by atoms with Gasteiger partial charge in [0.05, 0.1) is 11.9 Å². The number of anilines is 1. The summed E-state index contributed by atoms with van der Waals surface area (Å²) in [5.74, 6) is 0. The van der Waals surface area contributed by atoms with Crippen molar-refractivity contribution in [2.45, 2.75) is 38.8 Å². The Morgan fingerprint density at radius 3 is 2.74 bits per heavy atom. The van der Waals surface area contributed by atoms with E-state index in [4.69, 9.17) is 0 Å². The van der Waals surface area contributed by atoms with Crippen molar-refractivity contribution in [1.82, 2.24) is 15.1 Å². The van der Waals surface area contributed by atoms with Crippen molar-refractivity contribution in [3.63, 3.8) is 0 Å². The van der Waals surface area contributed by atoms with Crippen LogP contribution in [0.3, 0.4) is 0 Å². The topological polar surface area (TPSA) is 50.2 Å². The highest BCUT2D eigenvalue weighted by Gasteiger charge is 2.21. The molecule has 0 aliphatic carbocycles. The molecule has 6 heteroatoms. The first-order valence-electron chi connectivity index (χ1n) is 6.85. The maximum absolute atomic E-state index is 12.2. The van der Waals surface area contributed by atoms with Crippen LogP contribution in [0.25, 0.3) is 0 Å². The van der Waals surface area contributed by atoms with E-state index in [0.717, 1.165) is 38.0 Å². The van der Waals surface area contributed by atoms with Crippen LogP contribution in [-0.4, -0.2) is 36.0 Å². The van der Waals surface area contributed by atoms with Crippen molar-refractivity contribution in [1.29, 1.82) is 0 Å². The van der Waals surface area contributed by atoms with Crippen LogP contribution >= 0.6 is 15.9 Å². The summed E-state index contributed by atoms with van der Waals surface area (Å²) in [5, 5.41) is 7.57. The van der Waals surface area contributed by atoms with E-state index in [9.17, 15) is 4.79 Å². The van der Waals surface area contributed by atoms with Crippen molar-refractivity contribution >= 4 is 21.6 Å². The summed E-state index contributed by atoms with van der Waals surface area (Å²) in [6.45, 7) is 4.63. The summed E-state index contributed by atoms with van der Waals surface area (Å²) in [5.41, 5.74) is 0.891. The standard InChI is InChI=1S/C13H21BrN4O/c1-3-6-18-13(19)12(14)11(9-16-18)17-7-4-10(15-2)5-8-17/h9-10,15H,3-8H2,1-2H3. The minimum absolute atomic E-state index is 0.0323. The summed E-state index contributed by atoms with van der Waals surface area (Å²) < 4.78 is 2.16. The van der Waals surface area contributed by atoms with Crippen LogP contribution in [0, 0.1) is 0 Å². The minimum atomic E-state index is -0.0323. The van der Waals surface area contributed by atoms with Gasteiger partial charge in [0.2, 0.25) is 0 Å². The van der Waals surface area contributed by atoms with Gasteiger partial charge in [0.1, 0.15) is 4.47 Å². The van der Waals surface area contributed by atoms with E-state index < -0.39 is 0 Å². The van der Waals surface area contributed by atoms with Gasteiger partial charge < -0.3 is 10.2 Å².